The molecule has 0 aromatic heterocycles. The van der Waals surface area contributed by atoms with Crippen molar-refractivity contribution >= 4 is 8.07 Å². The second-order valence-corrected chi connectivity index (χ2v) is 11.9. The summed E-state index contributed by atoms with van der Waals surface area (Å²) in [5, 5.41) is 1.56. The van der Waals surface area contributed by atoms with Gasteiger partial charge in [0.15, 0.2) is 0 Å². The number of benzene rings is 2. The molecule has 2 aromatic rings. The third kappa shape index (κ3) is 6.07. The first kappa shape index (κ1) is 24.6. The van der Waals surface area contributed by atoms with Crippen molar-refractivity contribution in [1.82, 2.24) is 0 Å². The molecule has 0 heterocycles. The second-order valence-electron chi connectivity index (χ2n) is 6.86. The van der Waals surface area contributed by atoms with E-state index in [2.05, 4.69) is 80.3 Å². The van der Waals surface area contributed by atoms with E-state index in [4.69, 9.17) is 0 Å². The number of fused-ring (bicyclic) bond motifs is 3. The van der Waals surface area contributed by atoms with Crippen molar-refractivity contribution in [3.63, 3.8) is 0 Å². The SMILES string of the molecule is C[Si](C)(C)C1=CC[C-]=C1.[Cl-].[Cl-].[Zr+4].[c-]1cccc2c1Cc1ccccc1-2. The van der Waals surface area contributed by atoms with Gasteiger partial charge in [0, 0.05) is 0 Å². The Morgan fingerprint density at radius 3 is 2.20 bits per heavy atom. The van der Waals surface area contributed by atoms with E-state index in [-0.39, 0.29) is 51.0 Å². The molecule has 0 bridgehead atoms. The van der Waals surface area contributed by atoms with Crippen LogP contribution in [0, 0.1) is 12.1 Å². The molecule has 0 N–H and O–H groups in total. The predicted molar refractivity (Wildman–Crippen MR) is 97.4 cm³/mol. The maximum absolute atomic E-state index is 3.30. The Kier molecular flexibility index (Phi) is 10.5. The Bertz CT molecular complexity index is 702. The van der Waals surface area contributed by atoms with Crippen LogP contribution in [0.1, 0.15) is 17.5 Å². The molecule has 0 fully saturated rings. The molecule has 0 nitrogen and oxygen atoms in total. The Hall–Kier alpha value is -0.400. The molecule has 2 aliphatic carbocycles. The monoisotopic (exact) mass is 462 g/mol. The second kappa shape index (κ2) is 10.7. The molecule has 0 radical (unpaired) electrons. The van der Waals surface area contributed by atoms with Gasteiger partial charge in [-0.25, -0.2) is 11.3 Å². The van der Waals surface area contributed by atoms with Crippen LogP contribution in [0.2, 0.25) is 19.6 Å². The van der Waals surface area contributed by atoms with Crippen LogP contribution in [0.4, 0.5) is 0 Å². The van der Waals surface area contributed by atoms with Gasteiger partial charge in [-0.1, -0.05) is 55.0 Å². The first-order valence-corrected chi connectivity index (χ1v) is 11.4. The molecule has 128 valence electrons. The van der Waals surface area contributed by atoms with Gasteiger partial charge in [0.2, 0.25) is 0 Å². The van der Waals surface area contributed by atoms with Crippen LogP contribution >= 0.6 is 0 Å². The zero-order valence-corrected chi connectivity index (χ0v) is 19.8. The maximum Gasteiger partial charge on any atom is 4.00 e. The largest absolute Gasteiger partial charge is 4.00 e. The van der Waals surface area contributed by atoms with Gasteiger partial charge in [-0.05, 0) is 14.5 Å². The molecule has 4 heteroatoms. The van der Waals surface area contributed by atoms with Crippen molar-refractivity contribution in [1.29, 1.82) is 0 Å². The van der Waals surface area contributed by atoms with E-state index in [1.165, 1.54) is 22.3 Å². The summed E-state index contributed by atoms with van der Waals surface area (Å²) in [6, 6.07) is 18.1. The minimum Gasteiger partial charge on any atom is -1.00 e. The predicted octanol–water partition coefficient (Wildman–Crippen LogP) is -0.383. The summed E-state index contributed by atoms with van der Waals surface area (Å²) < 4.78 is 0. The fourth-order valence-electron chi connectivity index (χ4n) is 2.92. The first-order valence-electron chi connectivity index (χ1n) is 7.91. The molecule has 25 heavy (non-hydrogen) atoms. The molecule has 0 saturated carbocycles. The third-order valence-electron chi connectivity index (χ3n) is 4.18. The number of halogens is 2. The first-order chi connectivity index (χ1) is 10.6. The Labute approximate surface area is 184 Å². The van der Waals surface area contributed by atoms with Gasteiger partial charge in [0.1, 0.15) is 0 Å². The van der Waals surface area contributed by atoms with Crippen molar-refractivity contribution in [3.05, 3.63) is 83.1 Å². The molecule has 4 rings (SSSR count). The molecular formula is C21H22Cl2SiZr. The van der Waals surface area contributed by atoms with Crippen molar-refractivity contribution in [2.45, 2.75) is 32.5 Å². The topological polar surface area (TPSA) is 0 Å². The fraction of sp³-hybridized carbons (Fsp3) is 0.238. The molecular weight excluding hydrogens is 442 g/mol. The Balaban J connectivity index is 0.000000435. The maximum atomic E-state index is 3.30. The quantitative estimate of drug-likeness (QED) is 0.340. The van der Waals surface area contributed by atoms with Gasteiger partial charge in [-0.15, -0.1) is 12.0 Å². The summed E-state index contributed by atoms with van der Waals surface area (Å²) in [4.78, 5) is 0. The summed E-state index contributed by atoms with van der Waals surface area (Å²) in [6.07, 6.45) is 9.74. The normalized spacial score (nSPS) is 13.0. The van der Waals surface area contributed by atoms with Gasteiger partial charge >= 0.3 is 26.2 Å². The summed E-state index contributed by atoms with van der Waals surface area (Å²) in [6.45, 7) is 7.09. The zero-order valence-electron chi connectivity index (χ0n) is 14.9. The number of allylic oxidation sites excluding steroid dienone is 4. The van der Waals surface area contributed by atoms with Crippen molar-refractivity contribution in [2.24, 2.45) is 0 Å². The summed E-state index contributed by atoms with van der Waals surface area (Å²) in [7, 11) is -0.981. The van der Waals surface area contributed by atoms with E-state index in [0.29, 0.717) is 0 Å². The average Bonchev–Trinajstić information content (AvgIpc) is 3.15. The smallest absolute Gasteiger partial charge is 1.00 e. The fourth-order valence-corrected chi connectivity index (χ4v) is 4.17. The Morgan fingerprint density at radius 2 is 1.60 bits per heavy atom. The van der Waals surface area contributed by atoms with Gasteiger partial charge in [0.25, 0.3) is 0 Å². The minimum atomic E-state index is -0.981. The van der Waals surface area contributed by atoms with E-state index in [9.17, 15) is 0 Å². The van der Waals surface area contributed by atoms with Crippen LogP contribution in [0.5, 0.6) is 0 Å². The summed E-state index contributed by atoms with van der Waals surface area (Å²) in [5.41, 5.74) is 5.51. The molecule has 2 aromatic carbocycles. The number of hydrogen-bond donors (Lipinski definition) is 0. The van der Waals surface area contributed by atoms with E-state index in [0.717, 1.165) is 12.8 Å². The van der Waals surface area contributed by atoms with Crippen molar-refractivity contribution in [3.8, 4) is 11.1 Å². The Morgan fingerprint density at radius 1 is 0.920 bits per heavy atom. The van der Waals surface area contributed by atoms with E-state index < -0.39 is 8.07 Å². The van der Waals surface area contributed by atoms with Gasteiger partial charge in [0.05, 0.1) is 0 Å². The van der Waals surface area contributed by atoms with Crippen molar-refractivity contribution in [2.75, 3.05) is 0 Å². The van der Waals surface area contributed by atoms with Gasteiger partial charge in [-0.3, -0.25) is 6.08 Å². The molecule has 0 spiro atoms. The van der Waals surface area contributed by atoms with Gasteiger partial charge in [-0.2, -0.15) is 35.9 Å². The van der Waals surface area contributed by atoms with Crippen LogP contribution in [-0.4, -0.2) is 8.07 Å². The zero-order chi connectivity index (χ0) is 15.6. The summed E-state index contributed by atoms with van der Waals surface area (Å²) in [5.74, 6) is 0. The van der Waals surface area contributed by atoms with Gasteiger partial charge < -0.3 is 24.8 Å². The summed E-state index contributed by atoms with van der Waals surface area (Å²) >= 11 is 0. The molecule has 0 atom stereocenters. The van der Waals surface area contributed by atoms with Crippen molar-refractivity contribution < 1.29 is 51.0 Å². The third-order valence-corrected chi connectivity index (χ3v) is 6.26. The van der Waals surface area contributed by atoms with Crippen LogP contribution < -0.4 is 24.8 Å². The molecule has 0 amide bonds. The van der Waals surface area contributed by atoms with E-state index in [1.807, 2.05) is 6.07 Å². The van der Waals surface area contributed by atoms with E-state index >= 15 is 0 Å². The standard InChI is InChI=1S/C13H9.C8H13Si.2ClH.Zr/c1-3-7-12-10(5-1)9-11-6-2-4-8-13(11)12;1-9(2,3)8-6-4-5-7-8;;;/h1-5,7-8H,9H2;6-7H,4H2,1-3H3;2*1H;/q2*-1;;;+4/p-2. The molecule has 0 saturated heterocycles. The van der Waals surface area contributed by atoms with Crippen LogP contribution in [-0.2, 0) is 32.6 Å². The average molecular weight is 465 g/mol. The number of rotatable bonds is 1. The molecule has 2 aliphatic rings. The molecule has 0 aliphatic heterocycles. The van der Waals surface area contributed by atoms with E-state index in [1.54, 1.807) is 5.20 Å². The number of hydrogen-bond acceptors (Lipinski definition) is 0. The van der Waals surface area contributed by atoms with Crippen LogP contribution in [0.3, 0.4) is 0 Å². The van der Waals surface area contributed by atoms with Crippen LogP contribution in [0.25, 0.3) is 11.1 Å². The molecule has 0 unspecified atom stereocenters. The van der Waals surface area contributed by atoms with Crippen LogP contribution in [0.15, 0.2) is 59.8 Å². The minimum absolute atomic E-state index is 0.